The third-order valence-corrected chi connectivity index (χ3v) is 9.31. The molecule has 3 heterocycles. The molecule has 3 aliphatic rings. The molecule has 0 radical (unpaired) electrons. The maximum Gasteiger partial charge on any atom is 0.256 e. The Morgan fingerprint density at radius 3 is 2.18 bits per heavy atom. The van der Waals surface area contributed by atoms with Gasteiger partial charge in [-0.25, -0.2) is 0 Å². The summed E-state index contributed by atoms with van der Waals surface area (Å²) in [6, 6.07) is 9.17. The lowest BCUT2D eigenvalue weighted by atomic mass is 9.92. The first-order valence-electron chi connectivity index (χ1n) is 17.1. The zero-order valence-corrected chi connectivity index (χ0v) is 30.0. The van der Waals surface area contributed by atoms with Gasteiger partial charge in [0.25, 0.3) is 5.91 Å². The predicted octanol–water partition coefficient (Wildman–Crippen LogP) is 6.80. The van der Waals surface area contributed by atoms with E-state index in [4.69, 9.17) is 42.7 Å². The van der Waals surface area contributed by atoms with Gasteiger partial charge in [0.15, 0.2) is 40.6 Å². The Bertz CT molecular complexity index is 1780. The van der Waals surface area contributed by atoms with Crippen molar-refractivity contribution in [2.24, 2.45) is 10.1 Å². The number of rotatable bonds is 16. The van der Waals surface area contributed by atoms with Gasteiger partial charge < -0.3 is 47.6 Å². The topological polar surface area (TPSA) is 128 Å². The van der Waals surface area contributed by atoms with E-state index in [1.165, 1.54) is 0 Å². The van der Waals surface area contributed by atoms with E-state index in [0.717, 1.165) is 44.2 Å². The first kappa shape index (κ1) is 35.5. The number of hydrogen-bond donors (Lipinski definition) is 0. The average molecular weight is 704 g/mol. The lowest BCUT2D eigenvalue weighted by Crippen LogP contribution is -2.35. The molecule has 3 aliphatic heterocycles. The normalized spacial score (nSPS) is 17.3. The molecule has 0 aliphatic carbocycles. The van der Waals surface area contributed by atoms with Crippen LogP contribution in [0.4, 0.5) is 5.69 Å². The molecular weight excluding hydrogens is 658 g/mol. The van der Waals surface area contributed by atoms with Crippen LogP contribution in [0.15, 0.2) is 40.5 Å². The number of fused-ring (bicyclic) bond motifs is 2. The van der Waals surface area contributed by atoms with Crippen LogP contribution < -0.4 is 37.9 Å². The highest BCUT2D eigenvalue weighted by molar-refractivity contribution is 6.03. The fourth-order valence-electron chi connectivity index (χ4n) is 6.79. The molecular formula is C38H45N3O10. The molecule has 0 N–H and O–H groups in total. The Hall–Kier alpha value is -5.33. The van der Waals surface area contributed by atoms with Gasteiger partial charge in [0.05, 0.1) is 73.2 Å². The number of hydrogen-bond acceptors (Lipinski definition) is 12. The number of aliphatic imine (C=N–C) groups is 1. The minimum Gasteiger partial charge on any atom is -0.493 e. The Labute approximate surface area is 298 Å². The fraction of sp³-hybridized carbons (Fsp3) is 0.447. The van der Waals surface area contributed by atoms with Crippen LogP contribution in [-0.4, -0.2) is 91.7 Å². The number of oxime groups is 1. The van der Waals surface area contributed by atoms with Gasteiger partial charge in [-0.15, -0.1) is 0 Å². The molecule has 0 bridgehead atoms. The molecule has 0 aromatic heterocycles. The van der Waals surface area contributed by atoms with Crippen molar-refractivity contribution >= 4 is 24.0 Å². The quantitative estimate of drug-likeness (QED) is 0.147. The average Bonchev–Trinajstić information content (AvgIpc) is 3.86. The lowest BCUT2D eigenvalue weighted by molar-refractivity contribution is 0.0774. The van der Waals surface area contributed by atoms with Crippen LogP contribution in [0, 0.1) is 0 Å². The fourth-order valence-corrected chi connectivity index (χ4v) is 6.79. The summed E-state index contributed by atoms with van der Waals surface area (Å²) < 4.78 is 47.1. The molecule has 13 heteroatoms. The van der Waals surface area contributed by atoms with E-state index in [9.17, 15) is 4.79 Å². The molecule has 13 nitrogen and oxygen atoms in total. The van der Waals surface area contributed by atoms with E-state index >= 15 is 0 Å². The second-order valence-corrected chi connectivity index (χ2v) is 12.2. The van der Waals surface area contributed by atoms with E-state index in [2.05, 4.69) is 10.1 Å². The smallest absolute Gasteiger partial charge is 0.256 e. The minimum atomic E-state index is -0.377. The van der Waals surface area contributed by atoms with Crippen LogP contribution in [0.3, 0.4) is 0 Å². The minimum absolute atomic E-state index is 0.0198. The molecule has 0 spiro atoms. The van der Waals surface area contributed by atoms with Crippen molar-refractivity contribution in [2.45, 2.75) is 50.7 Å². The van der Waals surface area contributed by atoms with Gasteiger partial charge in [0, 0.05) is 48.2 Å². The number of benzene rings is 3. The van der Waals surface area contributed by atoms with Gasteiger partial charge in [-0.2, -0.15) is 0 Å². The summed E-state index contributed by atoms with van der Waals surface area (Å²) in [6.45, 7) is 1.59. The summed E-state index contributed by atoms with van der Waals surface area (Å²) in [6.07, 6.45) is 8.03. The summed E-state index contributed by atoms with van der Waals surface area (Å²) in [4.78, 5) is 25.4. The summed E-state index contributed by atoms with van der Waals surface area (Å²) in [5.41, 5.74) is 3.33. The molecule has 3 aromatic rings. The van der Waals surface area contributed by atoms with Gasteiger partial charge in [0.2, 0.25) is 11.5 Å². The second-order valence-electron chi connectivity index (χ2n) is 12.2. The van der Waals surface area contributed by atoms with Crippen LogP contribution in [0.2, 0.25) is 0 Å². The largest absolute Gasteiger partial charge is 0.493 e. The first-order valence-corrected chi connectivity index (χ1v) is 17.1. The van der Waals surface area contributed by atoms with Crippen molar-refractivity contribution < 1.29 is 47.5 Å². The Balaban J connectivity index is 1.16. The summed E-state index contributed by atoms with van der Waals surface area (Å²) in [5, 5.41) is 4.01. The maximum atomic E-state index is 13.2. The van der Waals surface area contributed by atoms with Crippen molar-refractivity contribution in [3.8, 4) is 57.1 Å². The highest BCUT2D eigenvalue weighted by Crippen LogP contribution is 2.54. The van der Waals surface area contributed by atoms with Gasteiger partial charge in [-0.1, -0.05) is 5.16 Å². The van der Waals surface area contributed by atoms with Crippen molar-refractivity contribution in [1.29, 1.82) is 0 Å². The number of amides is 1. The standard InChI is InChI=1S/C38H45N3O10/c1-43-29-13-12-24(34(46-4)35(29)47-5)33-26(28-14-15-40-51-28)20-32(45-3)36(37(33)48-6)50-18-9-7-8-17-49-31-21-27-25(19-30(31)44-2)38(42)41-16-10-11-23(41)22-39-27/h12-13,15,19-23,28H,7-11,14,16-18H2,1-6H3/t23-,28?/m0/s1. The van der Waals surface area contributed by atoms with Crippen LogP contribution in [0.5, 0.6) is 46.0 Å². The number of ether oxygens (including phenoxy) is 8. The molecule has 1 unspecified atom stereocenters. The van der Waals surface area contributed by atoms with Crippen molar-refractivity contribution in [1.82, 2.24) is 4.90 Å². The predicted molar refractivity (Wildman–Crippen MR) is 192 cm³/mol. The van der Waals surface area contributed by atoms with Crippen LogP contribution in [0.25, 0.3) is 11.1 Å². The molecule has 51 heavy (non-hydrogen) atoms. The highest BCUT2D eigenvalue weighted by Gasteiger charge is 2.34. The van der Waals surface area contributed by atoms with Gasteiger partial charge >= 0.3 is 0 Å². The van der Waals surface area contributed by atoms with E-state index in [-0.39, 0.29) is 18.1 Å². The molecule has 2 atom stereocenters. The molecule has 1 amide bonds. The number of carbonyl (C=O) groups is 1. The molecule has 0 saturated carbocycles. The second kappa shape index (κ2) is 16.1. The van der Waals surface area contributed by atoms with Crippen LogP contribution >= 0.6 is 0 Å². The Morgan fingerprint density at radius 1 is 0.745 bits per heavy atom. The van der Waals surface area contributed by atoms with E-state index in [1.54, 1.807) is 61.0 Å². The monoisotopic (exact) mass is 703 g/mol. The Kier molecular flexibility index (Phi) is 11.2. The number of methoxy groups -OCH3 is 6. The van der Waals surface area contributed by atoms with E-state index in [0.29, 0.717) is 88.0 Å². The molecule has 1 fully saturated rings. The molecule has 1 saturated heterocycles. The number of carbonyl (C=O) groups excluding carboxylic acids is 1. The lowest BCUT2D eigenvalue weighted by Gasteiger charge is -2.24. The van der Waals surface area contributed by atoms with Crippen molar-refractivity contribution in [3.05, 3.63) is 41.5 Å². The maximum absolute atomic E-state index is 13.2. The van der Waals surface area contributed by atoms with Crippen molar-refractivity contribution in [3.63, 3.8) is 0 Å². The van der Waals surface area contributed by atoms with E-state index < -0.39 is 0 Å². The van der Waals surface area contributed by atoms with Gasteiger partial charge in [0.1, 0.15) is 0 Å². The zero-order chi connectivity index (χ0) is 35.9. The molecule has 272 valence electrons. The van der Waals surface area contributed by atoms with Crippen LogP contribution in [0.1, 0.15) is 60.6 Å². The molecule has 6 rings (SSSR count). The van der Waals surface area contributed by atoms with Crippen LogP contribution in [-0.2, 0) is 4.84 Å². The third-order valence-electron chi connectivity index (χ3n) is 9.31. The van der Waals surface area contributed by atoms with Gasteiger partial charge in [-0.3, -0.25) is 9.79 Å². The SMILES string of the molecule is COc1cc2c(cc1OCCCCCOc1c(OC)cc(C3CC=NO3)c(-c3ccc(OC)c(OC)c3OC)c1OC)N=C[C@@H]1CCCN1C2=O. The number of nitrogens with zero attached hydrogens (tertiary/aromatic N) is 3. The third kappa shape index (κ3) is 7.02. The van der Waals surface area contributed by atoms with Gasteiger partial charge in [-0.05, 0) is 56.4 Å². The first-order chi connectivity index (χ1) is 25.0. The highest BCUT2D eigenvalue weighted by atomic mass is 16.6. The molecule has 3 aromatic carbocycles. The Morgan fingerprint density at radius 2 is 1.49 bits per heavy atom. The summed E-state index contributed by atoms with van der Waals surface area (Å²) in [5.74, 6) is 3.91. The van der Waals surface area contributed by atoms with E-state index in [1.807, 2.05) is 29.3 Å². The zero-order valence-electron chi connectivity index (χ0n) is 30.0. The summed E-state index contributed by atoms with van der Waals surface area (Å²) >= 11 is 0. The number of unbranched alkanes of at least 4 members (excludes halogenated alkanes) is 2. The van der Waals surface area contributed by atoms with Crippen molar-refractivity contribution in [2.75, 3.05) is 62.4 Å². The summed E-state index contributed by atoms with van der Waals surface area (Å²) in [7, 11) is 9.47.